The number of carbonyl (C=O) groups excluding carboxylic acids is 1. The lowest BCUT2D eigenvalue weighted by Crippen LogP contribution is -2.42. The second-order valence-corrected chi connectivity index (χ2v) is 11.4. The molecule has 0 aliphatic heterocycles. The zero-order valence-corrected chi connectivity index (χ0v) is 21.7. The van der Waals surface area contributed by atoms with Gasteiger partial charge in [0.25, 0.3) is 0 Å². The Labute approximate surface area is 215 Å². The second kappa shape index (κ2) is 10.4. The van der Waals surface area contributed by atoms with Crippen molar-refractivity contribution in [2.45, 2.75) is 56.0 Å². The van der Waals surface area contributed by atoms with Crippen LogP contribution in [0.4, 0.5) is 5.82 Å². The third kappa shape index (κ3) is 5.47. The van der Waals surface area contributed by atoms with Crippen molar-refractivity contribution in [3.05, 3.63) is 76.4 Å². The largest absolute Gasteiger partial charge is 0.478 e. The van der Waals surface area contributed by atoms with Crippen LogP contribution in [0, 0.1) is 0 Å². The average molecular weight is 530 g/mol. The summed E-state index contributed by atoms with van der Waals surface area (Å²) in [4.78, 5) is 26.1. The van der Waals surface area contributed by atoms with Gasteiger partial charge in [0.2, 0.25) is 5.91 Å². The van der Waals surface area contributed by atoms with Crippen molar-refractivity contribution in [2.24, 2.45) is 0 Å². The number of amides is 1. The number of hydrogen-bond acceptors (Lipinski definition) is 5. The maximum atomic E-state index is 13.1. The van der Waals surface area contributed by atoms with Crippen LogP contribution in [0.25, 0.3) is 0 Å². The van der Waals surface area contributed by atoms with Crippen LogP contribution in [-0.4, -0.2) is 47.5 Å². The molecule has 1 saturated carbocycles. The number of halogens is 1. The summed E-state index contributed by atoms with van der Waals surface area (Å²) in [6, 6.07) is 13.3. The van der Waals surface area contributed by atoms with Crippen LogP contribution in [-0.2, 0) is 21.2 Å². The van der Waals surface area contributed by atoms with Gasteiger partial charge in [-0.15, -0.1) is 0 Å². The third-order valence-electron chi connectivity index (χ3n) is 6.58. The van der Waals surface area contributed by atoms with Gasteiger partial charge in [-0.25, -0.2) is 13.2 Å². The van der Waals surface area contributed by atoms with Crippen LogP contribution >= 0.6 is 11.6 Å². The summed E-state index contributed by atoms with van der Waals surface area (Å²) in [5.74, 6) is -0.461. The van der Waals surface area contributed by atoms with Gasteiger partial charge in [0.15, 0.2) is 15.7 Å². The fourth-order valence-corrected chi connectivity index (χ4v) is 6.18. The van der Waals surface area contributed by atoms with Gasteiger partial charge in [0.05, 0.1) is 22.0 Å². The summed E-state index contributed by atoms with van der Waals surface area (Å²) in [5, 5.41) is 13.9. The average Bonchev–Trinajstić information content (AvgIpc) is 3.49. The third-order valence-corrected chi connectivity index (χ3v) is 8.16. The molecule has 1 heterocycles. The number of carboxylic acids is 1. The Kier molecular flexibility index (Phi) is 7.51. The number of carbonyl (C=O) groups is 2. The number of aromatic nitrogens is 2. The van der Waals surface area contributed by atoms with E-state index < -0.39 is 15.8 Å². The van der Waals surface area contributed by atoms with Crippen LogP contribution in [0.1, 0.15) is 60.0 Å². The summed E-state index contributed by atoms with van der Waals surface area (Å²) in [5.41, 5.74) is 2.01. The van der Waals surface area contributed by atoms with Crippen molar-refractivity contribution in [3.63, 3.8) is 0 Å². The summed E-state index contributed by atoms with van der Waals surface area (Å²) in [7, 11) is -3.43. The Morgan fingerprint density at radius 2 is 1.86 bits per heavy atom. The molecular formula is C26H28ClN3O5S. The van der Waals surface area contributed by atoms with Crippen molar-refractivity contribution in [1.82, 2.24) is 9.78 Å². The maximum Gasteiger partial charge on any atom is 0.335 e. The molecule has 1 aromatic heterocycles. The van der Waals surface area contributed by atoms with E-state index in [4.69, 9.17) is 16.7 Å². The van der Waals surface area contributed by atoms with Crippen LogP contribution < -0.4 is 4.90 Å². The Hall–Kier alpha value is -3.17. The highest BCUT2D eigenvalue weighted by Crippen LogP contribution is 2.41. The standard InChI is InChI=1S/C26H28ClN3O5S/c1-3-25(31)30(24-13-14-29(28-24)16-17-7-9-18(10-8-17)26(32)33)22-6-4-5-20(22)19-11-12-23(21(27)15-19)36(2,34)35/h7-15,20,22H,3-6,16H2,1-2H3,(H,32,33). The lowest BCUT2D eigenvalue weighted by Gasteiger charge is -2.32. The molecule has 0 radical (unpaired) electrons. The molecule has 0 saturated heterocycles. The molecule has 2 atom stereocenters. The first kappa shape index (κ1) is 25.9. The molecule has 1 amide bonds. The summed E-state index contributed by atoms with van der Waals surface area (Å²) in [6.07, 6.45) is 5.82. The van der Waals surface area contributed by atoms with Crippen LogP contribution in [0.3, 0.4) is 0 Å². The number of rotatable bonds is 8. The van der Waals surface area contributed by atoms with Crippen molar-refractivity contribution < 1.29 is 23.1 Å². The number of nitrogens with zero attached hydrogens (tertiary/aromatic N) is 3. The van der Waals surface area contributed by atoms with Gasteiger partial charge in [-0.05, 0) is 48.2 Å². The van der Waals surface area contributed by atoms with Gasteiger partial charge in [-0.3, -0.25) is 14.4 Å². The zero-order valence-electron chi connectivity index (χ0n) is 20.1. The highest BCUT2D eigenvalue weighted by Gasteiger charge is 2.37. The molecule has 8 nitrogen and oxygen atoms in total. The minimum absolute atomic E-state index is 0.000299. The first-order valence-electron chi connectivity index (χ1n) is 11.8. The molecule has 0 bridgehead atoms. The van der Waals surface area contributed by atoms with E-state index in [2.05, 4.69) is 5.10 Å². The zero-order chi connectivity index (χ0) is 26.0. The minimum atomic E-state index is -3.43. The Morgan fingerprint density at radius 3 is 2.47 bits per heavy atom. The van der Waals surface area contributed by atoms with E-state index in [1.807, 2.05) is 13.0 Å². The molecule has 3 aromatic rings. The Balaban J connectivity index is 1.60. The van der Waals surface area contributed by atoms with Gasteiger partial charge in [0, 0.05) is 36.9 Å². The fraction of sp³-hybridized carbons (Fsp3) is 0.346. The molecular weight excluding hydrogens is 502 g/mol. The van der Waals surface area contributed by atoms with E-state index in [9.17, 15) is 18.0 Å². The second-order valence-electron chi connectivity index (χ2n) is 9.06. The smallest absolute Gasteiger partial charge is 0.335 e. The molecule has 1 aliphatic rings. The summed E-state index contributed by atoms with van der Waals surface area (Å²) in [6.45, 7) is 2.25. The number of carboxylic acid groups (broad SMARTS) is 1. The summed E-state index contributed by atoms with van der Waals surface area (Å²) < 4.78 is 25.7. The monoisotopic (exact) mass is 529 g/mol. The summed E-state index contributed by atoms with van der Waals surface area (Å²) >= 11 is 6.33. The molecule has 1 fully saturated rings. The number of benzene rings is 2. The minimum Gasteiger partial charge on any atom is -0.478 e. The highest BCUT2D eigenvalue weighted by atomic mass is 35.5. The van der Waals surface area contributed by atoms with Gasteiger partial charge < -0.3 is 5.11 Å². The molecule has 1 aliphatic carbocycles. The van der Waals surface area contributed by atoms with Crippen molar-refractivity contribution in [2.75, 3.05) is 11.2 Å². The van der Waals surface area contributed by atoms with E-state index in [1.165, 1.54) is 0 Å². The predicted octanol–water partition coefficient (Wildman–Crippen LogP) is 4.77. The molecule has 1 N–H and O–H groups in total. The van der Waals surface area contributed by atoms with Crippen LogP contribution in [0.15, 0.2) is 59.6 Å². The van der Waals surface area contributed by atoms with Crippen molar-refractivity contribution >= 4 is 39.1 Å². The van der Waals surface area contributed by atoms with Crippen LogP contribution in [0.2, 0.25) is 5.02 Å². The number of sulfone groups is 1. The quantitative estimate of drug-likeness (QED) is 0.450. The molecule has 4 rings (SSSR count). The predicted molar refractivity (Wildman–Crippen MR) is 137 cm³/mol. The van der Waals surface area contributed by atoms with E-state index in [0.717, 1.165) is 36.6 Å². The normalized spacial score (nSPS) is 17.8. The fourth-order valence-electron chi connectivity index (χ4n) is 4.85. The van der Waals surface area contributed by atoms with E-state index in [0.29, 0.717) is 18.8 Å². The number of anilines is 1. The molecule has 10 heteroatoms. The lowest BCUT2D eigenvalue weighted by molar-refractivity contribution is -0.118. The van der Waals surface area contributed by atoms with E-state index in [-0.39, 0.29) is 33.3 Å². The topological polar surface area (TPSA) is 110 Å². The Bertz CT molecular complexity index is 1380. The SMILES string of the molecule is CCC(=O)N(c1ccn(Cc2ccc(C(=O)O)cc2)n1)C1CCCC1c1ccc(S(C)(=O)=O)c(Cl)c1. The van der Waals surface area contributed by atoms with E-state index in [1.54, 1.807) is 58.2 Å². The Morgan fingerprint density at radius 1 is 1.14 bits per heavy atom. The maximum absolute atomic E-state index is 13.1. The van der Waals surface area contributed by atoms with Gasteiger partial charge >= 0.3 is 5.97 Å². The molecule has 2 aromatic carbocycles. The van der Waals surface area contributed by atoms with Crippen molar-refractivity contribution in [1.29, 1.82) is 0 Å². The first-order valence-corrected chi connectivity index (χ1v) is 14.0. The van der Waals surface area contributed by atoms with Gasteiger partial charge in [-0.2, -0.15) is 5.10 Å². The molecule has 190 valence electrons. The molecule has 2 unspecified atom stereocenters. The van der Waals surface area contributed by atoms with Crippen molar-refractivity contribution in [3.8, 4) is 0 Å². The first-order chi connectivity index (χ1) is 17.1. The highest BCUT2D eigenvalue weighted by molar-refractivity contribution is 7.90. The van der Waals surface area contributed by atoms with Crippen LogP contribution in [0.5, 0.6) is 0 Å². The lowest BCUT2D eigenvalue weighted by atomic mass is 9.93. The number of aromatic carboxylic acids is 1. The van der Waals surface area contributed by atoms with Gasteiger partial charge in [0.1, 0.15) is 0 Å². The van der Waals surface area contributed by atoms with E-state index >= 15 is 0 Å². The molecule has 36 heavy (non-hydrogen) atoms. The molecule has 0 spiro atoms. The van der Waals surface area contributed by atoms with Gasteiger partial charge in [-0.1, -0.05) is 43.1 Å². The number of hydrogen-bond donors (Lipinski definition) is 1.